The van der Waals surface area contributed by atoms with Crippen LogP contribution in [0.15, 0.2) is 0 Å². The molecule has 0 aromatic heterocycles. The van der Waals surface area contributed by atoms with Gasteiger partial charge < -0.3 is 10.1 Å². The first-order chi connectivity index (χ1) is 6.91. The van der Waals surface area contributed by atoms with Crippen molar-refractivity contribution in [3.63, 3.8) is 0 Å². The van der Waals surface area contributed by atoms with Crippen LogP contribution in [0.1, 0.15) is 20.8 Å². The maximum Gasteiger partial charge on any atom is 0.407 e. The van der Waals surface area contributed by atoms with Gasteiger partial charge in [0.15, 0.2) is 4.76 Å². The molecule has 0 unspecified atom stereocenters. The molecule has 0 radical (unpaired) electrons. The van der Waals surface area contributed by atoms with E-state index >= 15 is 0 Å². The van der Waals surface area contributed by atoms with E-state index in [0.717, 1.165) is 6.54 Å². The molecule has 2 heterocycles. The molecule has 2 N–H and O–H groups in total. The van der Waals surface area contributed by atoms with Crippen LogP contribution < -0.4 is 10.6 Å². The summed E-state index contributed by atoms with van der Waals surface area (Å²) in [7, 11) is 3.20. The average Bonchev–Trinajstić information content (AvgIpc) is 2.82. The van der Waals surface area contributed by atoms with E-state index in [0.29, 0.717) is 17.8 Å². The lowest BCUT2D eigenvalue weighted by Gasteiger charge is -2.19. The highest BCUT2D eigenvalue weighted by Gasteiger charge is 2.51. The normalized spacial score (nSPS) is 30.5. The van der Waals surface area contributed by atoms with Crippen LogP contribution in [-0.2, 0) is 4.74 Å². The Morgan fingerprint density at radius 1 is 1.40 bits per heavy atom. The van der Waals surface area contributed by atoms with Gasteiger partial charge in [0.2, 0.25) is 0 Å². The SMILES string of the molecule is CC(C)(C)OC(=O)NCCNC12P=P1=P2. The summed E-state index contributed by atoms with van der Waals surface area (Å²) in [6.45, 7) is 7.43. The first-order valence-corrected chi connectivity index (χ1v) is 9.43. The summed E-state index contributed by atoms with van der Waals surface area (Å²) in [6, 6.07) is 0. The second kappa shape index (κ2) is 3.86. The van der Waals surface area contributed by atoms with Gasteiger partial charge in [-0.25, -0.2) is 4.79 Å². The minimum Gasteiger partial charge on any atom is -0.444 e. The summed E-state index contributed by atoms with van der Waals surface area (Å²) in [5.74, 6) is 0. The van der Waals surface area contributed by atoms with Crippen molar-refractivity contribution < 1.29 is 9.53 Å². The molecule has 7 heteroatoms. The third-order valence-corrected chi connectivity index (χ3v) is 12.5. The quantitative estimate of drug-likeness (QED) is 0.606. The molecule has 2 rings (SSSR count). The number of nitrogens with one attached hydrogen (secondary N) is 2. The standard InChI is InChI=1S/C8H15N2O2P3/c1-7(2,3)12-6(11)9-4-5-10-8-13-15(8)14-8/h10H,4-5H2,1-3H3,(H,9,11). The Bertz CT molecular complexity index is 368. The number of hydrogen-bond donors (Lipinski definition) is 2. The first-order valence-electron chi connectivity index (χ1n) is 4.89. The van der Waals surface area contributed by atoms with Gasteiger partial charge in [-0.05, 0) is 43.0 Å². The number of carbonyl (C=O) groups excluding carboxylic acids is 1. The van der Waals surface area contributed by atoms with Gasteiger partial charge in [0.25, 0.3) is 0 Å². The van der Waals surface area contributed by atoms with Crippen molar-refractivity contribution in [1.82, 2.24) is 10.6 Å². The number of fused-ring (bicyclic) bond motifs is 1. The molecule has 0 bridgehead atoms. The lowest BCUT2D eigenvalue weighted by Crippen LogP contribution is -2.37. The summed E-state index contributed by atoms with van der Waals surface area (Å²) in [4.78, 5) is 11.2. The minimum atomic E-state index is -0.408. The van der Waals surface area contributed by atoms with Crippen LogP contribution in [0.5, 0.6) is 0 Å². The summed E-state index contributed by atoms with van der Waals surface area (Å²) in [6.07, 6.45) is -0.328. The molecular formula is C8H15N2O2P3. The van der Waals surface area contributed by atoms with Crippen molar-refractivity contribution in [2.75, 3.05) is 13.1 Å². The Balaban J connectivity index is 1.52. The highest BCUT2D eigenvalue weighted by Crippen LogP contribution is 2.91. The van der Waals surface area contributed by atoms with Gasteiger partial charge in [-0.3, -0.25) is 5.32 Å². The van der Waals surface area contributed by atoms with E-state index in [2.05, 4.69) is 10.6 Å². The van der Waals surface area contributed by atoms with E-state index < -0.39 is 5.60 Å². The van der Waals surface area contributed by atoms with Crippen LogP contribution >= 0.6 is 22.2 Å². The van der Waals surface area contributed by atoms with Crippen molar-refractivity contribution >= 4 is 28.3 Å². The molecule has 0 saturated heterocycles. The van der Waals surface area contributed by atoms with Crippen molar-refractivity contribution in [3.8, 4) is 0 Å². The lowest BCUT2D eigenvalue weighted by molar-refractivity contribution is 0.0528. The molecule has 2 aliphatic heterocycles. The summed E-state index contributed by atoms with van der Waals surface area (Å²) in [5.41, 5.74) is -0.408. The number of carbonyl (C=O) groups is 1. The summed E-state index contributed by atoms with van der Waals surface area (Å²) < 4.78 is 5.62. The summed E-state index contributed by atoms with van der Waals surface area (Å²) >= 11 is 0. The maximum absolute atomic E-state index is 11.2. The highest BCUT2D eigenvalue weighted by molar-refractivity contribution is 8.45. The van der Waals surface area contributed by atoms with E-state index in [1.165, 1.54) is 0 Å². The second-order valence-corrected chi connectivity index (χ2v) is 13.1. The van der Waals surface area contributed by atoms with Gasteiger partial charge in [0, 0.05) is 13.1 Å². The largest absolute Gasteiger partial charge is 0.444 e. The third-order valence-electron chi connectivity index (χ3n) is 1.82. The highest BCUT2D eigenvalue weighted by atomic mass is 32.1. The molecule has 0 aromatic rings. The Hall–Kier alpha value is 0.130. The van der Waals surface area contributed by atoms with Crippen LogP contribution in [-0.4, -0.2) is 29.5 Å². The Morgan fingerprint density at radius 3 is 2.47 bits per heavy atom. The third kappa shape index (κ3) is 3.29. The molecule has 0 spiro atoms. The predicted molar refractivity (Wildman–Crippen MR) is 65.7 cm³/mol. The fourth-order valence-electron chi connectivity index (χ4n) is 1.07. The Labute approximate surface area is 93.2 Å². The molecule has 0 atom stereocenters. The zero-order chi connectivity index (χ0) is 11.1. The number of ether oxygens (including phenoxy) is 1. The van der Waals surface area contributed by atoms with Gasteiger partial charge >= 0.3 is 6.09 Å². The smallest absolute Gasteiger partial charge is 0.407 e. The van der Waals surface area contributed by atoms with Gasteiger partial charge in [0.05, 0.1) is 0 Å². The van der Waals surface area contributed by atoms with E-state index in [1.54, 1.807) is 15.7 Å². The zero-order valence-electron chi connectivity index (χ0n) is 9.07. The molecule has 0 aromatic carbocycles. The zero-order valence-corrected chi connectivity index (χ0v) is 11.8. The van der Waals surface area contributed by atoms with Gasteiger partial charge in [-0.15, -0.1) is 0 Å². The van der Waals surface area contributed by atoms with Crippen LogP contribution in [0.25, 0.3) is 0 Å². The Kier molecular flexibility index (Phi) is 2.99. The van der Waals surface area contributed by atoms with Gasteiger partial charge in [-0.2, -0.15) is 0 Å². The molecule has 2 aliphatic rings. The van der Waals surface area contributed by atoms with E-state index in [-0.39, 0.29) is 6.09 Å². The van der Waals surface area contributed by atoms with Crippen LogP contribution in [0.4, 0.5) is 4.79 Å². The van der Waals surface area contributed by atoms with E-state index in [1.807, 2.05) is 20.8 Å². The molecule has 0 fully saturated rings. The monoisotopic (exact) mass is 264 g/mol. The van der Waals surface area contributed by atoms with Crippen LogP contribution in [0.2, 0.25) is 0 Å². The molecule has 4 nitrogen and oxygen atoms in total. The number of hydrogen-bond acceptors (Lipinski definition) is 3. The maximum atomic E-state index is 11.2. The topological polar surface area (TPSA) is 50.4 Å². The van der Waals surface area contributed by atoms with E-state index in [4.69, 9.17) is 4.74 Å². The molecule has 15 heavy (non-hydrogen) atoms. The van der Waals surface area contributed by atoms with Gasteiger partial charge in [0.1, 0.15) is 5.60 Å². The molecule has 84 valence electrons. The van der Waals surface area contributed by atoms with Crippen molar-refractivity contribution in [3.05, 3.63) is 0 Å². The minimum absolute atomic E-state index is 0.328. The average molecular weight is 264 g/mol. The molecule has 0 aliphatic carbocycles. The number of rotatable bonds is 4. The molecule has 0 saturated carbocycles. The second-order valence-electron chi connectivity index (χ2n) is 4.48. The van der Waals surface area contributed by atoms with Gasteiger partial charge in [-0.1, -0.05) is 0 Å². The molecular weight excluding hydrogens is 249 g/mol. The van der Waals surface area contributed by atoms with Crippen LogP contribution in [0, 0.1) is 0 Å². The molecule has 1 amide bonds. The fraction of sp³-hybridized carbons (Fsp3) is 0.875. The van der Waals surface area contributed by atoms with Crippen molar-refractivity contribution in [1.29, 1.82) is 0 Å². The number of alkyl carbamates (subject to hydrolysis) is 1. The number of amides is 1. The lowest BCUT2D eigenvalue weighted by atomic mass is 10.2. The summed E-state index contributed by atoms with van der Waals surface area (Å²) in [5, 5.41) is 6.19. The Morgan fingerprint density at radius 2 is 2.00 bits per heavy atom. The fourth-order valence-corrected chi connectivity index (χ4v) is 9.63. The van der Waals surface area contributed by atoms with Crippen molar-refractivity contribution in [2.45, 2.75) is 31.1 Å². The first kappa shape index (κ1) is 11.6. The van der Waals surface area contributed by atoms with Crippen molar-refractivity contribution in [2.24, 2.45) is 0 Å². The van der Waals surface area contributed by atoms with Crippen LogP contribution in [0.3, 0.4) is 0 Å². The predicted octanol–water partition coefficient (Wildman–Crippen LogP) is 2.94. The van der Waals surface area contributed by atoms with E-state index in [9.17, 15) is 4.79 Å².